The fourth-order valence-corrected chi connectivity index (χ4v) is 0.859. The summed E-state index contributed by atoms with van der Waals surface area (Å²) in [6, 6.07) is 0. The zero-order valence-electron chi connectivity index (χ0n) is 6.20. The van der Waals surface area contributed by atoms with Gasteiger partial charge in [0.1, 0.15) is 5.76 Å². The maximum Gasteiger partial charge on any atom is 0.101 e. The first-order valence-corrected chi connectivity index (χ1v) is 3.31. The number of aliphatic hydroxyl groups is 2. The molecule has 0 saturated heterocycles. The predicted molar refractivity (Wildman–Crippen MR) is 39.6 cm³/mol. The first kappa shape index (κ1) is 7.35. The lowest BCUT2D eigenvalue weighted by Crippen LogP contribution is -2.31. The molecule has 10 heavy (non-hydrogen) atoms. The van der Waals surface area contributed by atoms with E-state index in [1.807, 2.05) is 0 Å². The number of hydrogen-bond donors (Lipinski definition) is 2. The van der Waals surface area contributed by atoms with Gasteiger partial charge in [-0.3, -0.25) is 0 Å². The molecule has 0 fully saturated rings. The fourth-order valence-electron chi connectivity index (χ4n) is 0.859. The lowest BCUT2D eigenvalue weighted by molar-refractivity contribution is 0.0801. The lowest BCUT2D eigenvalue weighted by Gasteiger charge is -2.29. The van der Waals surface area contributed by atoms with Crippen LogP contribution in [0.25, 0.3) is 0 Å². The Balaban J connectivity index is 2.93. The van der Waals surface area contributed by atoms with Crippen molar-refractivity contribution in [2.75, 3.05) is 0 Å². The van der Waals surface area contributed by atoms with Gasteiger partial charge < -0.3 is 10.2 Å². The zero-order valence-corrected chi connectivity index (χ0v) is 6.20. The summed E-state index contributed by atoms with van der Waals surface area (Å²) in [7, 11) is 0. The molecule has 0 spiro atoms. The molecule has 0 radical (unpaired) electrons. The van der Waals surface area contributed by atoms with Crippen LogP contribution in [0.1, 0.15) is 13.8 Å². The maximum atomic E-state index is 9.32. The van der Waals surface area contributed by atoms with Crippen LogP contribution in [0.5, 0.6) is 0 Å². The van der Waals surface area contributed by atoms with Crippen molar-refractivity contribution in [1.29, 1.82) is 0 Å². The van der Waals surface area contributed by atoms with Gasteiger partial charge >= 0.3 is 0 Å². The molecule has 1 unspecified atom stereocenters. The Hall–Kier alpha value is -0.760. The van der Waals surface area contributed by atoms with E-state index in [-0.39, 0.29) is 5.76 Å². The predicted octanol–water partition coefficient (Wildman–Crippen LogP) is 1.39. The lowest BCUT2D eigenvalue weighted by atomic mass is 9.81. The van der Waals surface area contributed by atoms with E-state index in [0.717, 1.165) is 0 Å². The Morgan fingerprint density at radius 1 is 1.50 bits per heavy atom. The molecule has 2 N–H and O–H groups in total. The third kappa shape index (κ3) is 0.948. The van der Waals surface area contributed by atoms with E-state index in [9.17, 15) is 10.2 Å². The maximum absolute atomic E-state index is 9.32. The minimum atomic E-state index is -0.572. The van der Waals surface area contributed by atoms with Crippen LogP contribution in [0.15, 0.2) is 24.0 Å². The quantitative estimate of drug-likeness (QED) is 0.533. The highest BCUT2D eigenvalue weighted by Crippen LogP contribution is 2.31. The van der Waals surface area contributed by atoms with Crippen LogP contribution in [0, 0.1) is 5.41 Å². The van der Waals surface area contributed by atoms with Crippen molar-refractivity contribution in [3.05, 3.63) is 24.0 Å². The van der Waals surface area contributed by atoms with E-state index in [0.29, 0.717) is 0 Å². The van der Waals surface area contributed by atoms with Crippen LogP contribution < -0.4 is 0 Å². The zero-order chi connectivity index (χ0) is 7.78. The van der Waals surface area contributed by atoms with Crippen LogP contribution in [0.4, 0.5) is 0 Å². The summed E-state index contributed by atoms with van der Waals surface area (Å²) in [6.45, 7) is 3.60. The Morgan fingerprint density at radius 3 is 2.50 bits per heavy atom. The molecule has 0 aromatic rings. The van der Waals surface area contributed by atoms with Crippen molar-refractivity contribution in [1.82, 2.24) is 0 Å². The van der Waals surface area contributed by atoms with Crippen LogP contribution in [0.2, 0.25) is 0 Å². The Labute approximate surface area is 60.5 Å². The molecule has 0 saturated carbocycles. The monoisotopic (exact) mass is 140 g/mol. The van der Waals surface area contributed by atoms with E-state index in [4.69, 9.17) is 0 Å². The number of rotatable bonds is 0. The highest BCUT2D eigenvalue weighted by Gasteiger charge is 2.31. The standard InChI is InChI=1S/C8H12O2/c1-8(2)6(9)4-3-5-7(8)10/h3-6,9-10H,1-2H3. The molecule has 0 bridgehead atoms. The third-order valence-corrected chi connectivity index (χ3v) is 1.95. The minimum Gasteiger partial charge on any atom is -0.512 e. The van der Waals surface area contributed by atoms with Gasteiger partial charge in [-0.25, -0.2) is 0 Å². The minimum absolute atomic E-state index is 0.238. The molecule has 0 amide bonds. The van der Waals surface area contributed by atoms with Crippen molar-refractivity contribution >= 4 is 0 Å². The molecule has 2 heteroatoms. The second-order valence-electron chi connectivity index (χ2n) is 3.10. The molecule has 2 nitrogen and oxygen atoms in total. The van der Waals surface area contributed by atoms with E-state index in [2.05, 4.69) is 0 Å². The fraction of sp³-hybridized carbons (Fsp3) is 0.500. The molecule has 0 aromatic carbocycles. The van der Waals surface area contributed by atoms with Gasteiger partial charge in [-0.2, -0.15) is 0 Å². The van der Waals surface area contributed by atoms with Crippen molar-refractivity contribution in [2.24, 2.45) is 5.41 Å². The molecule has 56 valence electrons. The van der Waals surface area contributed by atoms with Crippen LogP contribution in [0.3, 0.4) is 0 Å². The average molecular weight is 140 g/mol. The summed E-state index contributed by atoms with van der Waals surface area (Å²) in [5.41, 5.74) is -0.519. The number of aliphatic hydroxyl groups excluding tert-OH is 2. The summed E-state index contributed by atoms with van der Waals surface area (Å²) in [6.07, 6.45) is 4.36. The average Bonchev–Trinajstić information content (AvgIpc) is 1.84. The molecule has 0 heterocycles. The van der Waals surface area contributed by atoms with E-state index >= 15 is 0 Å². The molecule has 1 aliphatic rings. The third-order valence-electron chi connectivity index (χ3n) is 1.95. The van der Waals surface area contributed by atoms with Crippen LogP contribution in [-0.4, -0.2) is 16.3 Å². The SMILES string of the molecule is CC1(C)C(O)=CC=CC1O. The van der Waals surface area contributed by atoms with E-state index in [1.165, 1.54) is 0 Å². The smallest absolute Gasteiger partial charge is 0.101 e. The van der Waals surface area contributed by atoms with E-state index in [1.54, 1.807) is 32.1 Å². The van der Waals surface area contributed by atoms with Gasteiger partial charge in [0, 0.05) is 0 Å². The van der Waals surface area contributed by atoms with Gasteiger partial charge in [0.15, 0.2) is 0 Å². The van der Waals surface area contributed by atoms with Crippen LogP contribution >= 0.6 is 0 Å². The van der Waals surface area contributed by atoms with Gasteiger partial charge in [0.25, 0.3) is 0 Å². The largest absolute Gasteiger partial charge is 0.512 e. The topological polar surface area (TPSA) is 40.5 Å². The molecule has 1 atom stereocenters. The second-order valence-corrected chi connectivity index (χ2v) is 3.10. The van der Waals surface area contributed by atoms with E-state index < -0.39 is 11.5 Å². The molecule has 1 rings (SSSR count). The Bertz CT molecular complexity index is 189. The van der Waals surface area contributed by atoms with Crippen molar-refractivity contribution in [2.45, 2.75) is 20.0 Å². The van der Waals surface area contributed by atoms with Gasteiger partial charge in [-0.1, -0.05) is 12.2 Å². The summed E-state index contributed by atoms with van der Waals surface area (Å²) < 4.78 is 0. The van der Waals surface area contributed by atoms with Gasteiger partial charge in [0.05, 0.1) is 11.5 Å². The van der Waals surface area contributed by atoms with Crippen molar-refractivity contribution in [3.8, 4) is 0 Å². The summed E-state index contributed by atoms with van der Waals surface area (Å²) >= 11 is 0. The van der Waals surface area contributed by atoms with Gasteiger partial charge in [0.2, 0.25) is 0 Å². The molecule has 0 aromatic heterocycles. The van der Waals surface area contributed by atoms with Crippen LogP contribution in [-0.2, 0) is 0 Å². The molecule has 0 aliphatic heterocycles. The van der Waals surface area contributed by atoms with Gasteiger partial charge in [-0.05, 0) is 19.9 Å². The van der Waals surface area contributed by atoms with Crippen molar-refractivity contribution < 1.29 is 10.2 Å². The highest BCUT2D eigenvalue weighted by atomic mass is 16.3. The molecule has 1 aliphatic carbocycles. The summed E-state index contributed by atoms with van der Waals surface area (Å²) in [5, 5.41) is 18.6. The molecular formula is C8H12O2. The number of hydrogen-bond acceptors (Lipinski definition) is 2. The summed E-state index contributed by atoms with van der Waals surface area (Å²) in [4.78, 5) is 0. The molecular weight excluding hydrogens is 128 g/mol. The first-order chi connectivity index (χ1) is 4.55. The number of allylic oxidation sites excluding steroid dienone is 2. The second kappa shape index (κ2) is 2.13. The Kier molecular flexibility index (Phi) is 1.57. The normalized spacial score (nSPS) is 29.9. The van der Waals surface area contributed by atoms with Gasteiger partial charge in [-0.15, -0.1) is 0 Å². The van der Waals surface area contributed by atoms with Crippen molar-refractivity contribution in [3.63, 3.8) is 0 Å². The first-order valence-electron chi connectivity index (χ1n) is 3.31. The highest BCUT2D eigenvalue weighted by molar-refractivity contribution is 5.22. The Morgan fingerprint density at radius 2 is 2.10 bits per heavy atom. The summed E-state index contributed by atoms with van der Waals surface area (Å²) in [5.74, 6) is 0.238.